The number of rotatable bonds is 4. The topological polar surface area (TPSA) is 102 Å². The van der Waals surface area contributed by atoms with Gasteiger partial charge in [0.2, 0.25) is 0 Å². The molecule has 2 heterocycles. The molecule has 3 rings (SSSR count). The Bertz CT molecular complexity index is 1010. The van der Waals surface area contributed by atoms with E-state index in [1.165, 1.54) is 25.3 Å². The normalized spacial score (nSPS) is 11.8. The lowest BCUT2D eigenvalue weighted by atomic mass is 10.3. The Balaban J connectivity index is 1.82. The molecule has 0 aliphatic heterocycles. The quantitative estimate of drug-likeness (QED) is 0.671. The van der Waals surface area contributed by atoms with Crippen LogP contribution in [0.4, 0.5) is 4.79 Å². The SMILES string of the molecule is CNC(=O)NC(=O)C(C)OC(=O)c1cc2c(C)nn(-c3ccccc3)c2s1. The van der Waals surface area contributed by atoms with Crippen molar-refractivity contribution in [3.63, 3.8) is 0 Å². The monoisotopic (exact) mass is 386 g/mol. The molecule has 1 unspecified atom stereocenters. The number of fused-ring (bicyclic) bond motifs is 1. The molecule has 0 radical (unpaired) electrons. The number of ether oxygens (including phenoxy) is 1. The number of carbonyl (C=O) groups excluding carboxylic acids is 3. The molecule has 1 atom stereocenters. The Morgan fingerprint density at radius 2 is 1.93 bits per heavy atom. The standard InChI is InChI=1S/C18H18N4O4S/c1-10-13-9-14(17(24)26-11(2)15(23)20-18(25)19-3)27-16(13)22(21-10)12-7-5-4-6-8-12/h4-9,11H,1-3H3,(H2,19,20,23,25). The Labute approximate surface area is 159 Å². The second kappa shape index (κ2) is 7.58. The maximum atomic E-state index is 12.4. The number of nitrogens with zero attached hydrogens (tertiary/aromatic N) is 2. The number of thiophene rings is 1. The summed E-state index contributed by atoms with van der Waals surface area (Å²) in [6.07, 6.45) is -1.10. The van der Waals surface area contributed by atoms with Crippen LogP contribution in [0.1, 0.15) is 22.3 Å². The predicted octanol–water partition coefficient (Wildman–Crippen LogP) is 2.40. The van der Waals surface area contributed by atoms with E-state index >= 15 is 0 Å². The highest BCUT2D eigenvalue weighted by atomic mass is 32.1. The van der Waals surface area contributed by atoms with Gasteiger partial charge >= 0.3 is 12.0 Å². The lowest BCUT2D eigenvalue weighted by Crippen LogP contribution is -2.43. The van der Waals surface area contributed by atoms with Crippen LogP contribution < -0.4 is 10.6 Å². The number of para-hydroxylation sites is 1. The molecule has 2 aromatic heterocycles. The van der Waals surface area contributed by atoms with Crippen LogP contribution in [-0.2, 0) is 9.53 Å². The van der Waals surface area contributed by atoms with Crippen molar-refractivity contribution in [1.29, 1.82) is 0 Å². The minimum atomic E-state index is -1.10. The summed E-state index contributed by atoms with van der Waals surface area (Å²) in [6.45, 7) is 3.27. The van der Waals surface area contributed by atoms with Gasteiger partial charge in [-0.25, -0.2) is 14.3 Å². The summed E-state index contributed by atoms with van der Waals surface area (Å²) in [7, 11) is 1.38. The summed E-state index contributed by atoms with van der Waals surface area (Å²) < 4.78 is 6.95. The molecule has 2 N–H and O–H groups in total. The van der Waals surface area contributed by atoms with Gasteiger partial charge in [-0.3, -0.25) is 10.1 Å². The molecule has 0 fully saturated rings. The van der Waals surface area contributed by atoms with Crippen LogP contribution in [-0.4, -0.2) is 40.8 Å². The van der Waals surface area contributed by atoms with Gasteiger partial charge in [-0.15, -0.1) is 11.3 Å². The molecule has 3 amide bonds. The second-order valence-corrected chi connectivity index (χ2v) is 6.81. The van der Waals surface area contributed by atoms with Crippen molar-refractivity contribution in [2.24, 2.45) is 0 Å². The van der Waals surface area contributed by atoms with Crippen molar-refractivity contribution in [3.8, 4) is 5.69 Å². The Kier molecular flexibility index (Phi) is 5.22. The van der Waals surface area contributed by atoms with Crippen molar-refractivity contribution in [2.75, 3.05) is 7.05 Å². The summed E-state index contributed by atoms with van der Waals surface area (Å²) in [4.78, 5) is 36.6. The van der Waals surface area contributed by atoms with Crippen LogP contribution in [0.15, 0.2) is 36.4 Å². The number of aromatic nitrogens is 2. The zero-order valence-electron chi connectivity index (χ0n) is 15.0. The van der Waals surface area contributed by atoms with Gasteiger partial charge in [0.05, 0.1) is 11.4 Å². The van der Waals surface area contributed by atoms with Crippen LogP contribution >= 0.6 is 11.3 Å². The van der Waals surface area contributed by atoms with E-state index in [2.05, 4.69) is 15.7 Å². The number of benzene rings is 1. The van der Waals surface area contributed by atoms with Crippen LogP contribution in [0.3, 0.4) is 0 Å². The summed E-state index contributed by atoms with van der Waals surface area (Å²) in [5.41, 5.74) is 1.67. The summed E-state index contributed by atoms with van der Waals surface area (Å²) >= 11 is 1.23. The molecule has 0 saturated carbocycles. The number of amides is 3. The fourth-order valence-electron chi connectivity index (χ4n) is 2.44. The third-order valence-electron chi connectivity index (χ3n) is 3.86. The van der Waals surface area contributed by atoms with Gasteiger partial charge in [0.15, 0.2) is 6.10 Å². The second-order valence-electron chi connectivity index (χ2n) is 5.78. The molecule has 0 bridgehead atoms. The number of carbonyl (C=O) groups is 3. The molecule has 3 aromatic rings. The molecule has 0 aliphatic carbocycles. The third kappa shape index (κ3) is 3.82. The lowest BCUT2D eigenvalue weighted by Gasteiger charge is -2.11. The van der Waals surface area contributed by atoms with Crippen molar-refractivity contribution in [2.45, 2.75) is 20.0 Å². The fourth-order valence-corrected chi connectivity index (χ4v) is 3.51. The molecule has 140 valence electrons. The zero-order chi connectivity index (χ0) is 19.6. The number of hydrogen-bond donors (Lipinski definition) is 2. The number of imide groups is 1. The molecule has 1 aromatic carbocycles. The van der Waals surface area contributed by atoms with E-state index in [1.54, 1.807) is 10.7 Å². The average Bonchev–Trinajstić information content (AvgIpc) is 3.23. The molecule has 0 aliphatic rings. The molecular formula is C18H18N4O4S. The van der Waals surface area contributed by atoms with Gasteiger partial charge < -0.3 is 10.1 Å². The van der Waals surface area contributed by atoms with E-state index in [1.807, 2.05) is 37.3 Å². The molecule has 0 saturated heterocycles. The number of esters is 1. The summed E-state index contributed by atoms with van der Waals surface area (Å²) in [5, 5.41) is 9.69. The Morgan fingerprint density at radius 1 is 1.22 bits per heavy atom. The molecule has 27 heavy (non-hydrogen) atoms. The van der Waals surface area contributed by atoms with E-state index in [9.17, 15) is 14.4 Å². The van der Waals surface area contributed by atoms with Crippen molar-refractivity contribution >= 4 is 39.5 Å². The lowest BCUT2D eigenvalue weighted by molar-refractivity contribution is -0.127. The van der Waals surface area contributed by atoms with E-state index in [-0.39, 0.29) is 0 Å². The number of urea groups is 1. The first-order valence-electron chi connectivity index (χ1n) is 8.19. The van der Waals surface area contributed by atoms with Crippen LogP contribution in [0.25, 0.3) is 15.9 Å². The highest BCUT2D eigenvalue weighted by molar-refractivity contribution is 7.20. The third-order valence-corrected chi connectivity index (χ3v) is 4.95. The van der Waals surface area contributed by atoms with Gasteiger partial charge in [0.1, 0.15) is 9.71 Å². The Morgan fingerprint density at radius 3 is 2.59 bits per heavy atom. The van der Waals surface area contributed by atoms with Crippen molar-refractivity contribution < 1.29 is 19.1 Å². The molecule has 8 nitrogen and oxygen atoms in total. The van der Waals surface area contributed by atoms with E-state index in [0.29, 0.717) is 4.88 Å². The van der Waals surface area contributed by atoms with Crippen LogP contribution in [0.5, 0.6) is 0 Å². The molecule has 0 spiro atoms. The first-order chi connectivity index (χ1) is 12.9. The maximum Gasteiger partial charge on any atom is 0.349 e. The predicted molar refractivity (Wildman–Crippen MR) is 101 cm³/mol. The zero-order valence-corrected chi connectivity index (χ0v) is 15.8. The van der Waals surface area contributed by atoms with E-state index in [0.717, 1.165) is 21.6 Å². The highest BCUT2D eigenvalue weighted by Crippen LogP contribution is 2.30. The van der Waals surface area contributed by atoms with Gasteiger partial charge in [-0.1, -0.05) is 18.2 Å². The molecule has 9 heteroatoms. The fraction of sp³-hybridized carbons (Fsp3) is 0.222. The minimum absolute atomic E-state index is 0.356. The van der Waals surface area contributed by atoms with Crippen LogP contribution in [0, 0.1) is 6.92 Å². The van der Waals surface area contributed by atoms with Crippen molar-refractivity contribution in [1.82, 2.24) is 20.4 Å². The average molecular weight is 386 g/mol. The summed E-state index contributed by atoms with van der Waals surface area (Å²) in [6, 6.07) is 10.6. The number of nitrogens with one attached hydrogen (secondary N) is 2. The van der Waals surface area contributed by atoms with Gasteiger partial charge in [0, 0.05) is 12.4 Å². The van der Waals surface area contributed by atoms with Crippen LogP contribution in [0.2, 0.25) is 0 Å². The van der Waals surface area contributed by atoms with E-state index in [4.69, 9.17) is 4.74 Å². The number of hydrogen-bond acceptors (Lipinski definition) is 6. The first-order valence-corrected chi connectivity index (χ1v) is 9.00. The largest absolute Gasteiger partial charge is 0.448 e. The highest BCUT2D eigenvalue weighted by Gasteiger charge is 2.23. The van der Waals surface area contributed by atoms with E-state index < -0.39 is 24.0 Å². The smallest absolute Gasteiger partial charge is 0.349 e. The molecular weight excluding hydrogens is 368 g/mol. The minimum Gasteiger partial charge on any atom is -0.448 e. The number of aryl methyl sites for hydroxylation is 1. The van der Waals surface area contributed by atoms with Crippen molar-refractivity contribution in [3.05, 3.63) is 47.0 Å². The van der Waals surface area contributed by atoms with Gasteiger partial charge in [0.25, 0.3) is 5.91 Å². The van der Waals surface area contributed by atoms with Gasteiger partial charge in [-0.05, 0) is 32.0 Å². The van der Waals surface area contributed by atoms with Gasteiger partial charge in [-0.2, -0.15) is 5.10 Å². The summed E-state index contributed by atoms with van der Waals surface area (Å²) in [5.74, 6) is -1.33. The first kappa shape index (κ1) is 18.6. The maximum absolute atomic E-state index is 12.4. The Hall–Kier alpha value is -3.20.